The van der Waals surface area contributed by atoms with Crippen LogP contribution in [0.5, 0.6) is 0 Å². The molecule has 1 amide bonds. The van der Waals surface area contributed by atoms with Crippen molar-refractivity contribution in [3.8, 4) is 0 Å². The van der Waals surface area contributed by atoms with Gasteiger partial charge in [0.2, 0.25) is 5.43 Å². The first-order valence-corrected chi connectivity index (χ1v) is 12.7. The first kappa shape index (κ1) is 23.0. The minimum atomic E-state index is -3.90. The number of hydrogen-bond donors (Lipinski definition) is 1. The predicted octanol–water partition coefficient (Wildman–Crippen LogP) is 3.86. The highest BCUT2D eigenvalue weighted by atomic mass is 32.2. The average molecular weight is 468 g/mol. The number of benzene rings is 2. The van der Waals surface area contributed by atoms with Crippen LogP contribution in [-0.4, -0.2) is 43.8 Å². The van der Waals surface area contributed by atoms with Crippen LogP contribution in [0.15, 0.2) is 64.4 Å². The van der Waals surface area contributed by atoms with Gasteiger partial charge >= 0.3 is 0 Å². The van der Waals surface area contributed by atoms with Crippen LogP contribution in [-0.2, 0) is 10.0 Å². The number of piperidine rings is 1. The van der Waals surface area contributed by atoms with Gasteiger partial charge in [-0.15, -0.1) is 0 Å². The van der Waals surface area contributed by atoms with E-state index in [1.54, 1.807) is 42.2 Å². The molecular weight excluding hydrogens is 438 g/mol. The van der Waals surface area contributed by atoms with Gasteiger partial charge in [-0.25, -0.2) is 8.42 Å². The summed E-state index contributed by atoms with van der Waals surface area (Å²) in [4.78, 5) is 31.2. The van der Waals surface area contributed by atoms with E-state index >= 15 is 0 Å². The van der Waals surface area contributed by atoms with Crippen LogP contribution in [0.4, 0.5) is 5.69 Å². The molecule has 1 N–H and O–H groups in total. The standard InChI is InChI=1S/C25H29N3O4S/c1-4-28(19-8-6-5-7-9-19)33(31,32)20-10-11-23-21(13-20)24(29)22(14-26-23)25(30)27-15-17(2)12-18(3)16-27/h5-11,13-14,17-18H,4,12,15-16H2,1-3H3,(H,26,29)/t17-,18-/m0/s1. The normalized spacial score (nSPS) is 18.9. The van der Waals surface area contributed by atoms with Gasteiger partial charge in [0.15, 0.2) is 0 Å². The van der Waals surface area contributed by atoms with E-state index in [1.165, 1.54) is 22.6 Å². The molecule has 174 valence electrons. The molecule has 1 saturated heterocycles. The molecule has 0 saturated carbocycles. The van der Waals surface area contributed by atoms with Crippen LogP contribution in [0.3, 0.4) is 0 Å². The molecule has 8 heteroatoms. The van der Waals surface area contributed by atoms with Crippen LogP contribution in [0, 0.1) is 11.8 Å². The molecule has 1 aromatic heterocycles. The summed E-state index contributed by atoms with van der Waals surface area (Å²) in [6, 6.07) is 13.3. The summed E-state index contributed by atoms with van der Waals surface area (Å²) < 4.78 is 28.1. The van der Waals surface area contributed by atoms with Gasteiger partial charge in [-0.05, 0) is 55.5 Å². The van der Waals surface area contributed by atoms with Crippen LogP contribution < -0.4 is 9.73 Å². The number of fused-ring (bicyclic) bond motifs is 1. The van der Waals surface area contributed by atoms with E-state index in [2.05, 4.69) is 18.8 Å². The summed E-state index contributed by atoms with van der Waals surface area (Å²) >= 11 is 0. The Kier molecular flexibility index (Phi) is 6.30. The van der Waals surface area contributed by atoms with Crippen molar-refractivity contribution in [2.45, 2.75) is 32.1 Å². The fraction of sp³-hybridized carbons (Fsp3) is 0.360. The van der Waals surface area contributed by atoms with E-state index in [-0.39, 0.29) is 28.3 Å². The number of pyridine rings is 1. The Hall–Kier alpha value is -3.13. The van der Waals surface area contributed by atoms with Gasteiger partial charge in [0.05, 0.1) is 10.6 Å². The predicted molar refractivity (Wildman–Crippen MR) is 130 cm³/mol. The topological polar surface area (TPSA) is 90.6 Å². The van der Waals surface area contributed by atoms with Crippen molar-refractivity contribution in [1.82, 2.24) is 9.88 Å². The van der Waals surface area contributed by atoms with Crippen molar-refractivity contribution >= 4 is 32.5 Å². The number of amides is 1. The Morgan fingerprint density at radius 1 is 1.09 bits per heavy atom. The molecule has 7 nitrogen and oxygen atoms in total. The maximum absolute atomic E-state index is 13.4. The number of aromatic nitrogens is 1. The van der Waals surface area contributed by atoms with E-state index in [9.17, 15) is 18.0 Å². The highest BCUT2D eigenvalue weighted by molar-refractivity contribution is 7.92. The highest BCUT2D eigenvalue weighted by Gasteiger charge is 2.29. The number of H-pyrrole nitrogens is 1. The van der Waals surface area contributed by atoms with Gasteiger partial charge in [-0.1, -0.05) is 32.0 Å². The molecule has 33 heavy (non-hydrogen) atoms. The third-order valence-corrected chi connectivity index (χ3v) is 8.06. The Balaban J connectivity index is 1.75. The lowest BCUT2D eigenvalue weighted by molar-refractivity contribution is 0.0621. The molecule has 4 rings (SSSR count). The molecular formula is C25H29N3O4S. The second-order valence-corrected chi connectivity index (χ2v) is 10.8. The molecule has 0 unspecified atom stereocenters. The Morgan fingerprint density at radius 2 is 1.76 bits per heavy atom. The largest absolute Gasteiger partial charge is 0.360 e. The zero-order valence-corrected chi connectivity index (χ0v) is 19.9. The monoisotopic (exact) mass is 467 g/mol. The fourth-order valence-electron chi connectivity index (χ4n) is 4.73. The van der Waals surface area contributed by atoms with Crippen LogP contribution in [0.2, 0.25) is 0 Å². The summed E-state index contributed by atoms with van der Waals surface area (Å²) in [5.74, 6) is 0.420. The minimum Gasteiger partial charge on any atom is -0.360 e. The summed E-state index contributed by atoms with van der Waals surface area (Å²) in [5.41, 5.74) is 0.609. The smallest absolute Gasteiger partial charge is 0.264 e. The zero-order chi connectivity index (χ0) is 23.8. The molecule has 1 aliphatic heterocycles. The third-order valence-electron chi connectivity index (χ3n) is 6.16. The number of rotatable bonds is 5. The second kappa shape index (κ2) is 9.02. The molecule has 2 heterocycles. The van der Waals surface area contributed by atoms with Crippen molar-refractivity contribution in [2.24, 2.45) is 11.8 Å². The lowest BCUT2D eigenvalue weighted by Crippen LogP contribution is -2.44. The van der Waals surface area contributed by atoms with Gasteiger partial charge in [0.1, 0.15) is 5.56 Å². The number of nitrogens with zero attached hydrogens (tertiary/aromatic N) is 2. The number of sulfonamides is 1. The van der Waals surface area contributed by atoms with Crippen LogP contribution >= 0.6 is 0 Å². The van der Waals surface area contributed by atoms with E-state index in [0.29, 0.717) is 36.1 Å². The quantitative estimate of drug-likeness (QED) is 0.617. The van der Waals surface area contributed by atoms with Crippen molar-refractivity contribution in [1.29, 1.82) is 0 Å². The van der Waals surface area contributed by atoms with E-state index in [1.807, 2.05) is 6.07 Å². The zero-order valence-electron chi connectivity index (χ0n) is 19.1. The van der Waals surface area contributed by atoms with Gasteiger partial charge in [-0.3, -0.25) is 13.9 Å². The van der Waals surface area contributed by atoms with E-state index in [0.717, 1.165) is 6.42 Å². The highest BCUT2D eigenvalue weighted by Crippen LogP contribution is 2.26. The lowest BCUT2D eigenvalue weighted by atomic mass is 9.91. The van der Waals surface area contributed by atoms with Gasteiger partial charge in [0.25, 0.3) is 15.9 Å². The lowest BCUT2D eigenvalue weighted by Gasteiger charge is -2.34. The number of para-hydroxylation sites is 1. The average Bonchev–Trinajstić information content (AvgIpc) is 2.79. The summed E-state index contributed by atoms with van der Waals surface area (Å²) in [6.45, 7) is 7.42. The first-order chi connectivity index (χ1) is 15.7. The van der Waals surface area contributed by atoms with Crippen molar-refractivity contribution in [3.63, 3.8) is 0 Å². The fourth-order valence-corrected chi connectivity index (χ4v) is 6.23. The molecule has 0 radical (unpaired) electrons. The molecule has 3 aromatic rings. The van der Waals surface area contributed by atoms with Crippen molar-refractivity contribution in [2.75, 3.05) is 23.9 Å². The number of carbonyl (C=O) groups excluding carboxylic acids is 1. The Labute approximate surface area is 194 Å². The molecule has 1 fully saturated rings. The van der Waals surface area contributed by atoms with Crippen molar-refractivity contribution < 1.29 is 13.2 Å². The van der Waals surface area contributed by atoms with Gasteiger partial charge < -0.3 is 9.88 Å². The Bertz CT molecular complexity index is 1320. The molecule has 1 aliphatic rings. The molecule has 0 bridgehead atoms. The van der Waals surface area contributed by atoms with Crippen LogP contribution in [0.1, 0.15) is 37.6 Å². The number of hydrogen-bond acceptors (Lipinski definition) is 4. The summed E-state index contributed by atoms with van der Waals surface area (Å²) in [5, 5.41) is 0.184. The Morgan fingerprint density at radius 3 is 2.39 bits per heavy atom. The van der Waals surface area contributed by atoms with Crippen LogP contribution in [0.25, 0.3) is 10.9 Å². The number of aromatic amines is 1. The maximum Gasteiger partial charge on any atom is 0.264 e. The third kappa shape index (κ3) is 4.39. The van der Waals surface area contributed by atoms with Gasteiger partial charge in [-0.2, -0.15) is 0 Å². The van der Waals surface area contributed by atoms with E-state index < -0.39 is 15.5 Å². The summed E-state index contributed by atoms with van der Waals surface area (Å²) in [6.07, 6.45) is 2.49. The second-order valence-electron chi connectivity index (χ2n) is 8.90. The van der Waals surface area contributed by atoms with E-state index in [4.69, 9.17) is 0 Å². The SMILES string of the molecule is CCN(c1ccccc1)S(=O)(=O)c1ccc2[nH]cc(C(=O)N3C[C@@H](C)C[C@H](C)C3)c(=O)c2c1. The molecule has 2 atom stereocenters. The first-order valence-electron chi connectivity index (χ1n) is 11.2. The number of likely N-dealkylation sites (tertiary alicyclic amines) is 1. The van der Waals surface area contributed by atoms with Crippen molar-refractivity contribution in [3.05, 3.63) is 70.5 Å². The number of carbonyl (C=O) groups is 1. The number of anilines is 1. The molecule has 0 spiro atoms. The molecule has 2 aromatic carbocycles. The summed E-state index contributed by atoms with van der Waals surface area (Å²) in [7, 11) is -3.90. The molecule has 0 aliphatic carbocycles. The van der Waals surface area contributed by atoms with Gasteiger partial charge in [0, 0.05) is 36.7 Å². The number of nitrogens with one attached hydrogen (secondary N) is 1. The minimum absolute atomic E-state index is 0.0102. The maximum atomic E-state index is 13.4.